The molecule has 0 bridgehead atoms. The Morgan fingerprint density at radius 1 is 1.30 bits per heavy atom. The molecular formula is C23H24ClN3O2S. The number of carbonyl (C=O) groups excluding carboxylic acids is 1. The Hall–Kier alpha value is -2.15. The van der Waals surface area contributed by atoms with Crippen LogP contribution in [0.3, 0.4) is 0 Å². The van der Waals surface area contributed by atoms with Crippen LogP contribution in [0.5, 0.6) is 5.75 Å². The lowest BCUT2D eigenvalue weighted by atomic mass is 10.00. The fourth-order valence-corrected chi connectivity index (χ4v) is 5.65. The number of aromatic nitrogens is 1. The summed E-state index contributed by atoms with van der Waals surface area (Å²) in [4.78, 5) is 21.9. The van der Waals surface area contributed by atoms with Gasteiger partial charge in [-0.1, -0.05) is 11.6 Å². The van der Waals surface area contributed by atoms with Gasteiger partial charge in [0.15, 0.2) is 6.10 Å². The van der Waals surface area contributed by atoms with Crippen LogP contribution < -0.4 is 4.74 Å². The van der Waals surface area contributed by atoms with Gasteiger partial charge in [0.25, 0.3) is 5.91 Å². The normalized spacial score (nSPS) is 21.1. The Morgan fingerprint density at radius 2 is 2.17 bits per heavy atom. The smallest absolute Gasteiger partial charge is 0.264 e. The number of amides is 1. The average Bonchev–Trinajstić information content (AvgIpc) is 3.39. The maximum Gasteiger partial charge on any atom is 0.264 e. The van der Waals surface area contributed by atoms with E-state index in [2.05, 4.69) is 24.0 Å². The maximum absolute atomic E-state index is 13.3. The predicted octanol–water partition coefficient (Wildman–Crippen LogP) is 4.47. The van der Waals surface area contributed by atoms with Gasteiger partial charge in [0, 0.05) is 53.5 Å². The molecule has 0 saturated carbocycles. The van der Waals surface area contributed by atoms with Crippen molar-refractivity contribution in [2.45, 2.75) is 31.4 Å². The minimum atomic E-state index is -0.487. The van der Waals surface area contributed by atoms with E-state index in [1.54, 1.807) is 11.3 Å². The van der Waals surface area contributed by atoms with Crippen molar-refractivity contribution in [3.63, 3.8) is 0 Å². The van der Waals surface area contributed by atoms with Gasteiger partial charge in [-0.15, -0.1) is 11.3 Å². The standard InChI is InChI=1S/C23H24ClN3O2S/c1-26(2)16-4-3-8-27(13-16)23(28)20-11-14-10-15(24)12-18(21(14)29-20)17-5-7-25-19-6-9-30-22(17)19/h5-7,9-10,12,16,20H,3-4,8,11,13H2,1-2H3. The number of pyridine rings is 1. The number of likely N-dealkylation sites (tertiary alicyclic amines) is 1. The zero-order valence-electron chi connectivity index (χ0n) is 17.1. The summed E-state index contributed by atoms with van der Waals surface area (Å²) in [6.45, 7) is 1.56. The van der Waals surface area contributed by atoms with Gasteiger partial charge in [-0.3, -0.25) is 9.78 Å². The summed E-state index contributed by atoms with van der Waals surface area (Å²) in [5, 5.41) is 2.70. The summed E-state index contributed by atoms with van der Waals surface area (Å²) in [5.41, 5.74) is 3.94. The predicted molar refractivity (Wildman–Crippen MR) is 121 cm³/mol. The molecule has 2 unspecified atom stereocenters. The average molecular weight is 442 g/mol. The number of thiophene rings is 1. The van der Waals surface area contributed by atoms with Crippen LogP contribution in [0.15, 0.2) is 35.8 Å². The summed E-state index contributed by atoms with van der Waals surface area (Å²) in [5.74, 6) is 0.857. The third kappa shape index (κ3) is 3.47. The molecule has 1 aromatic carbocycles. The SMILES string of the molecule is CN(C)C1CCCN(C(=O)C2Cc3cc(Cl)cc(-c4ccnc5ccsc45)c3O2)C1. The Labute approximate surface area is 185 Å². The molecule has 1 saturated heterocycles. The van der Waals surface area contributed by atoms with Crippen molar-refractivity contribution in [2.75, 3.05) is 27.2 Å². The van der Waals surface area contributed by atoms with Gasteiger partial charge < -0.3 is 14.5 Å². The Bertz CT molecular complexity index is 1110. The lowest BCUT2D eigenvalue weighted by Gasteiger charge is -2.37. The summed E-state index contributed by atoms with van der Waals surface area (Å²) in [6, 6.07) is 8.28. The van der Waals surface area contributed by atoms with Crippen molar-refractivity contribution >= 4 is 39.1 Å². The summed E-state index contributed by atoms with van der Waals surface area (Å²) in [6.07, 6.45) is 4.03. The van der Waals surface area contributed by atoms with Gasteiger partial charge in [0.05, 0.1) is 10.2 Å². The number of nitrogens with zero attached hydrogens (tertiary/aromatic N) is 3. The molecule has 0 aliphatic carbocycles. The Kier molecular flexibility index (Phi) is 5.17. The molecule has 30 heavy (non-hydrogen) atoms. The lowest BCUT2D eigenvalue weighted by Crippen LogP contribution is -2.51. The highest BCUT2D eigenvalue weighted by Crippen LogP contribution is 2.44. The molecule has 1 amide bonds. The first kappa shape index (κ1) is 19.8. The number of ether oxygens (including phenoxy) is 1. The van der Waals surface area contributed by atoms with Crippen molar-refractivity contribution in [1.29, 1.82) is 0 Å². The van der Waals surface area contributed by atoms with Crippen molar-refractivity contribution in [3.8, 4) is 16.9 Å². The van der Waals surface area contributed by atoms with E-state index in [0.717, 1.165) is 58.6 Å². The van der Waals surface area contributed by atoms with Crippen molar-refractivity contribution in [1.82, 2.24) is 14.8 Å². The third-order valence-electron chi connectivity index (χ3n) is 6.14. The van der Waals surface area contributed by atoms with Crippen LogP contribution in [0, 0.1) is 0 Å². The number of halogens is 1. The van der Waals surface area contributed by atoms with Crippen molar-refractivity contribution in [3.05, 3.63) is 46.4 Å². The van der Waals surface area contributed by atoms with Crippen molar-refractivity contribution < 1.29 is 9.53 Å². The second kappa shape index (κ2) is 7.84. The van der Waals surface area contributed by atoms with E-state index >= 15 is 0 Å². The fraction of sp³-hybridized carbons (Fsp3) is 0.391. The lowest BCUT2D eigenvalue weighted by molar-refractivity contribution is -0.139. The number of fused-ring (bicyclic) bond motifs is 2. The molecule has 156 valence electrons. The van der Waals surface area contributed by atoms with Gasteiger partial charge >= 0.3 is 0 Å². The number of rotatable bonds is 3. The van der Waals surface area contributed by atoms with Crippen LogP contribution in [0.25, 0.3) is 21.3 Å². The third-order valence-corrected chi connectivity index (χ3v) is 7.30. The summed E-state index contributed by atoms with van der Waals surface area (Å²) < 4.78 is 7.41. The second-order valence-electron chi connectivity index (χ2n) is 8.29. The molecule has 0 N–H and O–H groups in total. The number of benzene rings is 1. The first-order valence-corrected chi connectivity index (χ1v) is 11.5. The van der Waals surface area contributed by atoms with Crippen LogP contribution in [0.2, 0.25) is 5.02 Å². The molecule has 2 aromatic heterocycles. The van der Waals surface area contributed by atoms with E-state index in [0.29, 0.717) is 17.5 Å². The van der Waals surface area contributed by atoms with E-state index in [1.165, 1.54) is 0 Å². The molecule has 5 nitrogen and oxygen atoms in total. The van der Waals surface area contributed by atoms with Crippen LogP contribution in [0.4, 0.5) is 0 Å². The van der Waals surface area contributed by atoms with E-state index in [1.807, 2.05) is 40.7 Å². The molecular weight excluding hydrogens is 418 g/mol. The molecule has 2 atom stereocenters. The monoisotopic (exact) mass is 441 g/mol. The first-order chi connectivity index (χ1) is 14.5. The zero-order valence-corrected chi connectivity index (χ0v) is 18.7. The largest absolute Gasteiger partial charge is 0.479 e. The van der Waals surface area contributed by atoms with E-state index in [9.17, 15) is 4.79 Å². The molecule has 2 aliphatic rings. The summed E-state index contributed by atoms with van der Waals surface area (Å²) >= 11 is 8.12. The number of hydrogen-bond donors (Lipinski definition) is 0. The highest BCUT2D eigenvalue weighted by Gasteiger charge is 2.36. The molecule has 0 radical (unpaired) electrons. The highest BCUT2D eigenvalue weighted by atomic mass is 35.5. The quantitative estimate of drug-likeness (QED) is 0.601. The molecule has 5 rings (SSSR count). The minimum Gasteiger partial charge on any atom is -0.479 e. The number of piperidine rings is 1. The number of likely N-dealkylation sites (N-methyl/N-ethyl adjacent to an activating group) is 1. The fourth-order valence-electron chi connectivity index (χ4n) is 4.53. The zero-order chi connectivity index (χ0) is 20.8. The van der Waals surface area contributed by atoms with E-state index in [4.69, 9.17) is 16.3 Å². The Balaban J connectivity index is 1.46. The minimum absolute atomic E-state index is 0.0795. The van der Waals surface area contributed by atoms with Crippen LogP contribution in [0.1, 0.15) is 18.4 Å². The number of carbonyl (C=O) groups is 1. The van der Waals surface area contributed by atoms with Crippen LogP contribution >= 0.6 is 22.9 Å². The maximum atomic E-state index is 13.3. The first-order valence-electron chi connectivity index (χ1n) is 10.3. The summed E-state index contributed by atoms with van der Waals surface area (Å²) in [7, 11) is 4.16. The topological polar surface area (TPSA) is 45.7 Å². The van der Waals surface area contributed by atoms with Crippen LogP contribution in [-0.2, 0) is 11.2 Å². The molecule has 0 spiro atoms. The van der Waals surface area contributed by atoms with Crippen molar-refractivity contribution in [2.24, 2.45) is 0 Å². The molecule has 2 aliphatic heterocycles. The second-order valence-corrected chi connectivity index (χ2v) is 9.64. The van der Waals surface area contributed by atoms with Gasteiger partial charge in [0.1, 0.15) is 5.75 Å². The molecule has 3 aromatic rings. The number of hydrogen-bond acceptors (Lipinski definition) is 5. The van der Waals surface area contributed by atoms with E-state index in [-0.39, 0.29) is 5.91 Å². The van der Waals surface area contributed by atoms with Crippen LogP contribution in [-0.4, -0.2) is 60.0 Å². The molecule has 4 heterocycles. The molecule has 7 heteroatoms. The van der Waals surface area contributed by atoms with Gasteiger partial charge in [-0.2, -0.15) is 0 Å². The van der Waals surface area contributed by atoms with Gasteiger partial charge in [-0.05, 0) is 56.6 Å². The van der Waals surface area contributed by atoms with E-state index < -0.39 is 6.10 Å². The molecule has 1 fully saturated rings. The van der Waals surface area contributed by atoms with Gasteiger partial charge in [-0.25, -0.2) is 0 Å². The van der Waals surface area contributed by atoms with Gasteiger partial charge in [0.2, 0.25) is 0 Å². The Morgan fingerprint density at radius 3 is 3.00 bits per heavy atom. The highest BCUT2D eigenvalue weighted by molar-refractivity contribution is 7.17.